The van der Waals surface area contributed by atoms with Crippen molar-refractivity contribution < 1.29 is 4.79 Å². The van der Waals surface area contributed by atoms with Crippen LogP contribution in [0.1, 0.15) is 31.9 Å². The van der Waals surface area contributed by atoms with E-state index in [2.05, 4.69) is 39.0 Å². The number of rotatable bonds is 8. The number of carbonyl (C=O) groups is 1. The molecule has 1 N–H and O–H groups in total. The van der Waals surface area contributed by atoms with Crippen LogP contribution in [0.15, 0.2) is 72.0 Å². The third kappa shape index (κ3) is 4.75. The van der Waals surface area contributed by atoms with Gasteiger partial charge in [-0.1, -0.05) is 67.2 Å². The van der Waals surface area contributed by atoms with E-state index in [9.17, 15) is 4.79 Å². The lowest BCUT2D eigenvalue weighted by molar-refractivity contribution is -0.113. The summed E-state index contributed by atoms with van der Waals surface area (Å²) in [5.41, 5.74) is 2.86. The van der Waals surface area contributed by atoms with Gasteiger partial charge in [-0.15, -0.1) is 15.3 Å². The molecule has 7 nitrogen and oxygen atoms in total. The molecule has 0 fully saturated rings. The largest absolute Gasteiger partial charge is 0.308 e. The van der Waals surface area contributed by atoms with Crippen molar-refractivity contribution >= 4 is 23.5 Å². The van der Waals surface area contributed by atoms with Crippen LogP contribution in [0.5, 0.6) is 0 Å². The highest BCUT2D eigenvalue weighted by molar-refractivity contribution is 7.99. The van der Waals surface area contributed by atoms with Gasteiger partial charge in [0.15, 0.2) is 16.8 Å². The molecule has 32 heavy (non-hydrogen) atoms. The predicted octanol–water partition coefficient (Wildman–Crippen LogP) is 5.14. The first kappa shape index (κ1) is 21.8. The summed E-state index contributed by atoms with van der Waals surface area (Å²) in [4.78, 5) is 12.7. The van der Waals surface area contributed by atoms with Crippen LogP contribution in [0, 0.1) is 6.92 Å². The number of nitrogens with zero attached hydrogens (tertiary/aromatic N) is 5. The first-order chi connectivity index (χ1) is 15.6. The maximum Gasteiger partial charge on any atom is 0.236 e. The second-order valence-electron chi connectivity index (χ2n) is 7.58. The fourth-order valence-electron chi connectivity index (χ4n) is 3.33. The van der Waals surface area contributed by atoms with Crippen LogP contribution in [0.25, 0.3) is 17.1 Å². The van der Waals surface area contributed by atoms with Crippen molar-refractivity contribution in [1.29, 1.82) is 0 Å². The van der Waals surface area contributed by atoms with Crippen LogP contribution in [-0.4, -0.2) is 36.2 Å². The molecule has 8 heteroatoms. The van der Waals surface area contributed by atoms with E-state index in [-0.39, 0.29) is 17.7 Å². The number of hydrogen-bond donors (Lipinski definition) is 1. The van der Waals surface area contributed by atoms with Gasteiger partial charge in [0.1, 0.15) is 0 Å². The zero-order valence-corrected chi connectivity index (χ0v) is 19.2. The van der Waals surface area contributed by atoms with Gasteiger partial charge in [-0.25, -0.2) is 4.68 Å². The molecule has 2 heterocycles. The van der Waals surface area contributed by atoms with Gasteiger partial charge in [0.25, 0.3) is 0 Å². The first-order valence-corrected chi connectivity index (χ1v) is 11.6. The Hall–Kier alpha value is -3.39. The second-order valence-corrected chi connectivity index (χ2v) is 8.52. The fourth-order valence-corrected chi connectivity index (χ4v) is 4.17. The number of para-hydroxylation sites is 1. The number of aryl methyl sites for hydroxylation is 1. The molecule has 164 valence electrons. The van der Waals surface area contributed by atoms with Gasteiger partial charge in [-0.2, -0.15) is 0 Å². The summed E-state index contributed by atoms with van der Waals surface area (Å²) in [6.45, 7) is 6.20. The summed E-state index contributed by atoms with van der Waals surface area (Å²) in [6.07, 6.45) is 2.84. The molecule has 2 aromatic carbocycles. The Bertz CT molecular complexity index is 1190. The number of benzene rings is 2. The summed E-state index contributed by atoms with van der Waals surface area (Å²) in [5.74, 6) is 1.48. The zero-order chi connectivity index (χ0) is 22.5. The summed E-state index contributed by atoms with van der Waals surface area (Å²) >= 11 is 1.39. The van der Waals surface area contributed by atoms with E-state index in [1.807, 2.05) is 73.8 Å². The average molecular weight is 447 g/mol. The van der Waals surface area contributed by atoms with E-state index >= 15 is 0 Å². The van der Waals surface area contributed by atoms with Gasteiger partial charge in [0.2, 0.25) is 5.91 Å². The molecular formula is C24H26N6OS. The van der Waals surface area contributed by atoms with E-state index < -0.39 is 0 Å². The van der Waals surface area contributed by atoms with Crippen molar-refractivity contribution in [2.45, 2.75) is 38.4 Å². The maximum absolute atomic E-state index is 12.7. The molecule has 0 saturated carbocycles. The van der Waals surface area contributed by atoms with Crippen molar-refractivity contribution in [3.63, 3.8) is 0 Å². The van der Waals surface area contributed by atoms with Crippen LogP contribution in [0.4, 0.5) is 5.82 Å². The standard InChI is InChI=1S/C24H26N6OS/c1-4-18(3)30-23(19-11-7-5-8-12-19)26-27-24(30)32-16-21(31)25-22-17(2)15-29(28-22)20-13-9-6-10-14-20/h5-15,18H,4,16H2,1-3H3,(H,25,28,31). The van der Waals surface area contributed by atoms with Crippen molar-refractivity contribution in [3.05, 3.63) is 72.4 Å². The predicted molar refractivity (Wildman–Crippen MR) is 128 cm³/mol. The Balaban J connectivity index is 1.47. The second kappa shape index (κ2) is 9.82. The van der Waals surface area contributed by atoms with E-state index in [4.69, 9.17) is 0 Å². The van der Waals surface area contributed by atoms with Gasteiger partial charge in [0, 0.05) is 23.4 Å². The molecule has 0 radical (unpaired) electrons. The lowest BCUT2D eigenvalue weighted by atomic mass is 10.2. The van der Waals surface area contributed by atoms with Crippen LogP contribution < -0.4 is 5.32 Å². The van der Waals surface area contributed by atoms with Gasteiger partial charge < -0.3 is 5.32 Å². The highest BCUT2D eigenvalue weighted by atomic mass is 32.2. The molecule has 1 atom stereocenters. The highest BCUT2D eigenvalue weighted by Crippen LogP contribution is 2.29. The fraction of sp³-hybridized carbons (Fsp3) is 0.250. The number of nitrogens with one attached hydrogen (secondary N) is 1. The number of thioether (sulfide) groups is 1. The SMILES string of the molecule is CCC(C)n1c(SCC(=O)Nc2nn(-c3ccccc3)cc2C)nnc1-c1ccccc1. The van der Waals surface area contributed by atoms with Crippen LogP contribution >= 0.6 is 11.8 Å². The van der Waals surface area contributed by atoms with E-state index in [1.165, 1.54) is 11.8 Å². The van der Waals surface area contributed by atoms with Gasteiger partial charge in [-0.05, 0) is 32.4 Å². The molecule has 0 saturated heterocycles. The normalized spacial score (nSPS) is 12.0. The van der Waals surface area contributed by atoms with Gasteiger partial charge in [0.05, 0.1) is 11.4 Å². The number of amides is 1. The number of anilines is 1. The number of aromatic nitrogens is 5. The van der Waals surface area contributed by atoms with E-state index in [1.54, 1.807) is 4.68 Å². The number of carbonyl (C=O) groups excluding carboxylic acids is 1. The smallest absolute Gasteiger partial charge is 0.236 e. The van der Waals surface area contributed by atoms with Crippen molar-refractivity contribution in [2.24, 2.45) is 0 Å². The number of hydrogen-bond acceptors (Lipinski definition) is 5. The molecule has 1 amide bonds. The lowest BCUT2D eigenvalue weighted by Gasteiger charge is -2.16. The quantitative estimate of drug-likeness (QED) is 0.379. The molecule has 0 aliphatic rings. The Morgan fingerprint density at radius 3 is 2.44 bits per heavy atom. The maximum atomic E-state index is 12.7. The highest BCUT2D eigenvalue weighted by Gasteiger charge is 2.19. The van der Waals surface area contributed by atoms with Crippen LogP contribution in [-0.2, 0) is 4.79 Å². The third-order valence-corrected chi connectivity index (χ3v) is 6.18. The van der Waals surface area contributed by atoms with Crippen LogP contribution in [0.3, 0.4) is 0 Å². The average Bonchev–Trinajstić information content (AvgIpc) is 3.42. The molecule has 0 aliphatic heterocycles. The summed E-state index contributed by atoms with van der Waals surface area (Å²) in [5, 5.41) is 17.0. The Morgan fingerprint density at radius 2 is 1.75 bits per heavy atom. The van der Waals surface area contributed by atoms with Gasteiger partial charge >= 0.3 is 0 Å². The third-order valence-electron chi connectivity index (χ3n) is 5.24. The Kier molecular flexibility index (Phi) is 6.70. The topological polar surface area (TPSA) is 77.6 Å². The van der Waals surface area contributed by atoms with Gasteiger partial charge in [-0.3, -0.25) is 9.36 Å². The molecule has 0 aliphatic carbocycles. The minimum atomic E-state index is -0.128. The van der Waals surface area contributed by atoms with Crippen LogP contribution in [0.2, 0.25) is 0 Å². The summed E-state index contributed by atoms with van der Waals surface area (Å²) < 4.78 is 3.88. The first-order valence-electron chi connectivity index (χ1n) is 10.6. The zero-order valence-electron chi connectivity index (χ0n) is 18.4. The molecule has 4 aromatic rings. The summed E-state index contributed by atoms with van der Waals surface area (Å²) in [7, 11) is 0. The monoisotopic (exact) mass is 446 g/mol. The molecule has 4 rings (SSSR count). The minimum Gasteiger partial charge on any atom is -0.308 e. The molecule has 1 unspecified atom stereocenters. The summed E-state index contributed by atoms with van der Waals surface area (Å²) in [6, 6.07) is 20.0. The molecule has 0 spiro atoms. The van der Waals surface area contributed by atoms with Crippen molar-refractivity contribution in [3.8, 4) is 17.1 Å². The van der Waals surface area contributed by atoms with Crippen molar-refractivity contribution in [2.75, 3.05) is 11.1 Å². The lowest BCUT2D eigenvalue weighted by Crippen LogP contribution is -2.16. The molecule has 0 bridgehead atoms. The minimum absolute atomic E-state index is 0.128. The van der Waals surface area contributed by atoms with Crippen molar-refractivity contribution in [1.82, 2.24) is 24.5 Å². The van der Waals surface area contributed by atoms with E-state index in [0.29, 0.717) is 5.82 Å². The van der Waals surface area contributed by atoms with E-state index in [0.717, 1.165) is 34.2 Å². The molecular weight excluding hydrogens is 420 g/mol. The molecule has 2 aromatic heterocycles. The Morgan fingerprint density at radius 1 is 1.06 bits per heavy atom. The Labute approximate surface area is 191 Å².